The summed E-state index contributed by atoms with van der Waals surface area (Å²) >= 11 is 0. The van der Waals surface area contributed by atoms with E-state index in [4.69, 9.17) is 4.74 Å². The van der Waals surface area contributed by atoms with Crippen molar-refractivity contribution in [2.75, 3.05) is 20.2 Å². The van der Waals surface area contributed by atoms with Crippen LogP contribution in [0.5, 0.6) is 0 Å². The SMILES string of the molecule is COC(=O)C(C)CC1CCCN(Cc2ccc(F)cc2)C1. The highest BCUT2D eigenvalue weighted by Gasteiger charge is 2.24. The molecular weight excluding hydrogens is 269 g/mol. The van der Waals surface area contributed by atoms with Gasteiger partial charge in [-0.1, -0.05) is 19.1 Å². The molecule has 1 aliphatic rings. The van der Waals surface area contributed by atoms with Gasteiger partial charge in [-0.05, 0) is 49.4 Å². The quantitative estimate of drug-likeness (QED) is 0.781. The van der Waals surface area contributed by atoms with Gasteiger partial charge in [0.15, 0.2) is 0 Å². The molecule has 1 aromatic carbocycles. The van der Waals surface area contributed by atoms with Gasteiger partial charge in [0.2, 0.25) is 0 Å². The molecule has 0 radical (unpaired) electrons. The molecule has 0 aliphatic carbocycles. The number of nitrogens with zero attached hydrogens (tertiary/aromatic N) is 1. The number of rotatable bonds is 5. The van der Waals surface area contributed by atoms with Crippen molar-refractivity contribution in [1.29, 1.82) is 0 Å². The average Bonchev–Trinajstić information content (AvgIpc) is 2.49. The number of piperidine rings is 1. The topological polar surface area (TPSA) is 29.5 Å². The van der Waals surface area contributed by atoms with Crippen LogP contribution in [-0.2, 0) is 16.1 Å². The summed E-state index contributed by atoms with van der Waals surface area (Å²) < 4.78 is 17.7. The zero-order chi connectivity index (χ0) is 15.2. The second kappa shape index (κ2) is 7.55. The number of benzene rings is 1. The van der Waals surface area contributed by atoms with Gasteiger partial charge < -0.3 is 4.74 Å². The molecule has 0 spiro atoms. The Hall–Kier alpha value is -1.42. The lowest BCUT2D eigenvalue weighted by atomic mass is 9.89. The maximum atomic E-state index is 12.9. The van der Waals surface area contributed by atoms with E-state index in [0.29, 0.717) is 5.92 Å². The van der Waals surface area contributed by atoms with Gasteiger partial charge in [0.05, 0.1) is 13.0 Å². The highest BCUT2D eigenvalue weighted by molar-refractivity contribution is 5.71. The van der Waals surface area contributed by atoms with Crippen LogP contribution in [0.4, 0.5) is 4.39 Å². The van der Waals surface area contributed by atoms with Crippen LogP contribution in [0.25, 0.3) is 0 Å². The molecule has 1 aromatic rings. The lowest BCUT2D eigenvalue weighted by molar-refractivity contribution is -0.145. The zero-order valence-corrected chi connectivity index (χ0v) is 12.8. The fourth-order valence-corrected chi connectivity index (χ4v) is 3.13. The van der Waals surface area contributed by atoms with Crippen molar-refractivity contribution in [2.45, 2.75) is 32.7 Å². The molecule has 0 aromatic heterocycles. The third kappa shape index (κ3) is 4.81. The van der Waals surface area contributed by atoms with Crippen LogP contribution in [0.15, 0.2) is 24.3 Å². The smallest absolute Gasteiger partial charge is 0.308 e. The summed E-state index contributed by atoms with van der Waals surface area (Å²) in [5.74, 6) is 0.187. The second-order valence-electron chi connectivity index (χ2n) is 6.03. The van der Waals surface area contributed by atoms with Gasteiger partial charge in [0.1, 0.15) is 5.82 Å². The molecule has 0 N–H and O–H groups in total. The van der Waals surface area contributed by atoms with Gasteiger partial charge >= 0.3 is 5.97 Å². The molecule has 0 amide bonds. The van der Waals surface area contributed by atoms with Crippen molar-refractivity contribution in [3.63, 3.8) is 0 Å². The molecule has 1 fully saturated rings. The minimum atomic E-state index is -0.192. The predicted octanol–water partition coefficient (Wildman–Crippen LogP) is 3.24. The van der Waals surface area contributed by atoms with Crippen molar-refractivity contribution >= 4 is 5.97 Å². The maximum Gasteiger partial charge on any atom is 0.308 e. The zero-order valence-electron chi connectivity index (χ0n) is 12.8. The first-order chi connectivity index (χ1) is 10.1. The minimum Gasteiger partial charge on any atom is -0.469 e. The van der Waals surface area contributed by atoms with Crippen LogP contribution in [0.2, 0.25) is 0 Å². The molecule has 1 aliphatic heterocycles. The third-order valence-electron chi connectivity index (χ3n) is 4.21. The van der Waals surface area contributed by atoms with Crippen molar-refractivity contribution in [3.05, 3.63) is 35.6 Å². The van der Waals surface area contributed by atoms with E-state index in [9.17, 15) is 9.18 Å². The fraction of sp³-hybridized carbons (Fsp3) is 0.588. The molecule has 1 saturated heterocycles. The van der Waals surface area contributed by atoms with Gasteiger partial charge in [-0.3, -0.25) is 9.69 Å². The van der Waals surface area contributed by atoms with E-state index in [1.54, 1.807) is 0 Å². The lowest BCUT2D eigenvalue weighted by Gasteiger charge is -2.33. The Morgan fingerprint density at radius 2 is 2.14 bits per heavy atom. The van der Waals surface area contributed by atoms with Gasteiger partial charge in [0.25, 0.3) is 0 Å². The Morgan fingerprint density at radius 1 is 1.43 bits per heavy atom. The number of likely N-dealkylation sites (tertiary alicyclic amines) is 1. The van der Waals surface area contributed by atoms with E-state index in [-0.39, 0.29) is 17.7 Å². The van der Waals surface area contributed by atoms with E-state index in [1.807, 2.05) is 19.1 Å². The molecule has 116 valence electrons. The molecular formula is C17H24FNO2. The molecule has 21 heavy (non-hydrogen) atoms. The summed E-state index contributed by atoms with van der Waals surface area (Å²) in [6.45, 7) is 4.85. The van der Waals surface area contributed by atoms with Gasteiger partial charge in [-0.25, -0.2) is 4.39 Å². The first-order valence-electron chi connectivity index (χ1n) is 7.63. The highest BCUT2D eigenvalue weighted by Crippen LogP contribution is 2.25. The van der Waals surface area contributed by atoms with Crippen molar-refractivity contribution in [1.82, 2.24) is 4.90 Å². The van der Waals surface area contributed by atoms with E-state index in [0.717, 1.165) is 38.0 Å². The van der Waals surface area contributed by atoms with Gasteiger partial charge in [-0.2, -0.15) is 0 Å². The molecule has 3 nitrogen and oxygen atoms in total. The van der Waals surface area contributed by atoms with Crippen LogP contribution in [0.3, 0.4) is 0 Å². The highest BCUT2D eigenvalue weighted by atomic mass is 19.1. The van der Waals surface area contributed by atoms with Gasteiger partial charge in [0, 0.05) is 13.1 Å². The third-order valence-corrected chi connectivity index (χ3v) is 4.21. The molecule has 2 rings (SSSR count). The van der Waals surface area contributed by atoms with Crippen molar-refractivity contribution in [2.24, 2.45) is 11.8 Å². The Labute approximate surface area is 126 Å². The van der Waals surface area contributed by atoms with Crippen LogP contribution in [-0.4, -0.2) is 31.1 Å². The van der Waals surface area contributed by atoms with Crippen LogP contribution >= 0.6 is 0 Å². The molecule has 0 bridgehead atoms. The molecule has 1 heterocycles. The summed E-state index contributed by atoms with van der Waals surface area (Å²) in [6.07, 6.45) is 3.20. The van der Waals surface area contributed by atoms with E-state index < -0.39 is 0 Å². The number of ether oxygens (including phenoxy) is 1. The number of halogens is 1. The summed E-state index contributed by atoms with van der Waals surface area (Å²) in [5.41, 5.74) is 1.14. The van der Waals surface area contributed by atoms with Crippen LogP contribution < -0.4 is 0 Å². The second-order valence-corrected chi connectivity index (χ2v) is 6.03. The number of hydrogen-bond donors (Lipinski definition) is 0. The number of methoxy groups -OCH3 is 1. The average molecular weight is 293 g/mol. The van der Waals surface area contributed by atoms with Gasteiger partial charge in [-0.15, -0.1) is 0 Å². The molecule has 2 unspecified atom stereocenters. The standard InChI is InChI=1S/C17H24FNO2/c1-13(17(20)21-2)10-15-4-3-9-19(12-15)11-14-5-7-16(18)8-6-14/h5-8,13,15H,3-4,9-12H2,1-2H3. The van der Waals surface area contributed by atoms with Crippen molar-refractivity contribution < 1.29 is 13.9 Å². The Bertz CT molecular complexity index is 460. The number of carbonyl (C=O) groups excluding carboxylic acids is 1. The monoisotopic (exact) mass is 293 g/mol. The summed E-state index contributed by atoms with van der Waals surface area (Å²) in [6, 6.07) is 6.71. The summed E-state index contributed by atoms with van der Waals surface area (Å²) in [4.78, 5) is 13.9. The summed E-state index contributed by atoms with van der Waals surface area (Å²) in [7, 11) is 1.44. The molecule has 4 heteroatoms. The van der Waals surface area contributed by atoms with Crippen LogP contribution in [0.1, 0.15) is 31.7 Å². The number of hydrogen-bond acceptors (Lipinski definition) is 3. The number of esters is 1. The Morgan fingerprint density at radius 3 is 2.81 bits per heavy atom. The van der Waals surface area contributed by atoms with E-state index >= 15 is 0 Å². The van der Waals surface area contributed by atoms with Crippen molar-refractivity contribution in [3.8, 4) is 0 Å². The maximum absolute atomic E-state index is 12.9. The fourth-order valence-electron chi connectivity index (χ4n) is 3.13. The molecule has 2 atom stereocenters. The first-order valence-corrected chi connectivity index (χ1v) is 7.63. The Kier molecular flexibility index (Phi) is 5.74. The largest absolute Gasteiger partial charge is 0.469 e. The normalized spacial score (nSPS) is 21.0. The van der Waals surface area contributed by atoms with E-state index in [1.165, 1.54) is 25.7 Å². The summed E-state index contributed by atoms with van der Waals surface area (Å²) in [5, 5.41) is 0. The first kappa shape index (κ1) is 16.0. The predicted molar refractivity (Wildman–Crippen MR) is 80.2 cm³/mol. The minimum absolute atomic E-state index is 0.0363. The van der Waals surface area contributed by atoms with E-state index in [2.05, 4.69) is 4.90 Å². The Balaban J connectivity index is 1.85. The van der Waals surface area contributed by atoms with Crippen LogP contribution in [0, 0.1) is 17.7 Å². The lowest BCUT2D eigenvalue weighted by Crippen LogP contribution is -2.36. The number of carbonyl (C=O) groups is 1. The molecule has 0 saturated carbocycles.